The maximum absolute atomic E-state index is 6.99. The van der Waals surface area contributed by atoms with Crippen molar-refractivity contribution in [2.75, 3.05) is 6.54 Å². The van der Waals surface area contributed by atoms with Crippen molar-refractivity contribution in [2.45, 2.75) is 27.2 Å². The van der Waals surface area contributed by atoms with Crippen molar-refractivity contribution < 1.29 is 0 Å². The Morgan fingerprint density at radius 2 is 2.00 bits per heavy atom. The molecule has 0 aromatic carbocycles. The normalized spacial score (nSPS) is 11.2. The molecule has 0 saturated heterocycles. The van der Waals surface area contributed by atoms with E-state index in [0.29, 0.717) is 6.54 Å². The molecule has 4 heteroatoms. The Morgan fingerprint density at radius 3 is 2.27 bits per heavy atom. The predicted octanol–water partition coefficient (Wildman–Crippen LogP) is 0.702. The molecular weight excluding hydrogens is 137 g/mol. The van der Waals surface area contributed by atoms with Gasteiger partial charge in [0.05, 0.1) is 0 Å². The highest BCUT2D eigenvalue weighted by Crippen LogP contribution is 2.17. The summed E-state index contributed by atoms with van der Waals surface area (Å²) in [4.78, 5) is 1.26. The Labute approximate surface area is 69.9 Å². The zero-order valence-corrected chi connectivity index (χ0v) is 7.52. The van der Waals surface area contributed by atoms with E-state index in [9.17, 15) is 0 Å². The molecule has 0 aliphatic carbocycles. The number of nitrogens with one attached hydrogen (secondary N) is 1. The van der Waals surface area contributed by atoms with Crippen LogP contribution < -0.4 is 5.73 Å². The van der Waals surface area contributed by atoms with Crippen LogP contribution in [0, 0.1) is 10.8 Å². The lowest BCUT2D eigenvalue weighted by molar-refractivity contribution is 0.353. The monoisotopic (exact) mass is 153 g/mol. The van der Waals surface area contributed by atoms with Gasteiger partial charge >= 0.3 is 0 Å². The lowest BCUT2D eigenvalue weighted by Crippen LogP contribution is -2.36. The maximum atomic E-state index is 6.99. The molecule has 2 radical (unpaired) electrons. The van der Waals surface area contributed by atoms with Gasteiger partial charge in [0.2, 0.25) is 7.98 Å². The van der Waals surface area contributed by atoms with Gasteiger partial charge in [-0.25, -0.2) is 0 Å². The Kier molecular flexibility index (Phi) is 3.43. The maximum Gasteiger partial charge on any atom is 0.230 e. The molecule has 3 nitrogen and oxygen atoms in total. The summed E-state index contributed by atoms with van der Waals surface area (Å²) in [5, 5.41) is 6.99. The van der Waals surface area contributed by atoms with E-state index in [2.05, 4.69) is 20.8 Å². The first-order valence-electron chi connectivity index (χ1n) is 3.69. The van der Waals surface area contributed by atoms with Crippen molar-refractivity contribution in [3.8, 4) is 0 Å². The zero-order chi connectivity index (χ0) is 9.07. The molecule has 0 bridgehead atoms. The predicted molar refractivity (Wildman–Crippen MR) is 48.4 cm³/mol. The molecule has 0 saturated carbocycles. The summed E-state index contributed by atoms with van der Waals surface area (Å²) in [5.41, 5.74) is 5.39. The van der Waals surface area contributed by atoms with E-state index >= 15 is 0 Å². The molecule has 0 spiro atoms. The van der Waals surface area contributed by atoms with Crippen LogP contribution in [0.1, 0.15) is 27.2 Å². The number of hydrogen-bond acceptors (Lipinski definition) is 1. The smallest absolute Gasteiger partial charge is 0.230 e. The number of guanidine groups is 1. The number of nitrogens with zero attached hydrogens (tertiary/aromatic N) is 1. The third-order valence-corrected chi connectivity index (χ3v) is 1.41. The molecule has 0 aromatic heterocycles. The van der Waals surface area contributed by atoms with Crippen LogP contribution in [-0.2, 0) is 0 Å². The van der Waals surface area contributed by atoms with Crippen LogP contribution >= 0.6 is 0 Å². The average molecular weight is 153 g/mol. The summed E-state index contributed by atoms with van der Waals surface area (Å²) in [6.45, 7) is 7.02. The van der Waals surface area contributed by atoms with E-state index in [1.165, 1.54) is 4.81 Å². The number of rotatable bonds is 2. The second-order valence-corrected chi connectivity index (χ2v) is 3.89. The molecule has 0 fully saturated rings. The van der Waals surface area contributed by atoms with Gasteiger partial charge in [-0.05, 0) is 11.8 Å². The first kappa shape index (κ1) is 10.3. The molecule has 0 aliphatic rings. The molecule has 3 N–H and O–H groups in total. The topological polar surface area (TPSA) is 53.1 Å². The van der Waals surface area contributed by atoms with Crippen molar-refractivity contribution in [3.63, 3.8) is 0 Å². The van der Waals surface area contributed by atoms with E-state index in [-0.39, 0.29) is 11.4 Å². The van der Waals surface area contributed by atoms with Gasteiger partial charge in [0, 0.05) is 6.54 Å². The summed E-state index contributed by atoms with van der Waals surface area (Å²) in [7, 11) is 5.41. The highest BCUT2D eigenvalue weighted by molar-refractivity contribution is 6.13. The van der Waals surface area contributed by atoms with E-state index in [1.54, 1.807) is 0 Å². The second-order valence-electron chi connectivity index (χ2n) is 3.89. The van der Waals surface area contributed by atoms with Crippen LogP contribution in [0.2, 0.25) is 0 Å². The molecule has 0 amide bonds. The number of nitrogens with two attached hydrogens (primary N) is 1. The summed E-state index contributed by atoms with van der Waals surface area (Å²) in [6.07, 6.45) is 0.934. The van der Waals surface area contributed by atoms with Gasteiger partial charge < -0.3 is 10.5 Å². The standard InChI is InChI=1S/C7H16BN3/c1-7(2,3)4-5-11(8)6(9)10/h4-5H2,1-3H3,(H3,9,10). The minimum Gasteiger partial charge on any atom is -0.397 e. The molecule has 0 unspecified atom stereocenters. The summed E-state index contributed by atoms with van der Waals surface area (Å²) >= 11 is 0. The first-order chi connectivity index (χ1) is 4.83. The van der Waals surface area contributed by atoms with Crippen molar-refractivity contribution in [1.29, 1.82) is 5.41 Å². The molecule has 0 aromatic rings. The van der Waals surface area contributed by atoms with Gasteiger partial charge in [0.1, 0.15) is 0 Å². The van der Waals surface area contributed by atoms with E-state index in [0.717, 1.165) is 6.42 Å². The van der Waals surface area contributed by atoms with Gasteiger partial charge in [-0.15, -0.1) is 0 Å². The summed E-state index contributed by atoms with van der Waals surface area (Å²) in [5.74, 6) is -0.0748. The average Bonchev–Trinajstić information content (AvgIpc) is 1.80. The minimum absolute atomic E-state index is 0.0748. The summed E-state index contributed by atoms with van der Waals surface area (Å²) in [6, 6.07) is 0. The van der Waals surface area contributed by atoms with Crippen molar-refractivity contribution in [1.82, 2.24) is 4.81 Å². The fourth-order valence-corrected chi connectivity index (χ4v) is 0.576. The van der Waals surface area contributed by atoms with Crippen molar-refractivity contribution in [2.24, 2.45) is 11.1 Å². The quantitative estimate of drug-likeness (QED) is 0.348. The van der Waals surface area contributed by atoms with Crippen LogP contribution in [0.3, 0.4) is 0 Å². The minimum atomic E-state index is -0.0748. The van der Waals surface area contributed by atoms with Crippen LogP contribution in [0.5, 0.6) is 0 Å². The summed E-state index contributed by atoms with van der Waals surface area (Å²) < 4.78 is 0. The van der Waals surface area contributed by atoms with Crippen molar-refractivity contribution in [3.05, 3.63) is 0 Å². The van der Waals surface area contributed by atoms with Crippen LogP contribution in [0.15, 0.2) is 0 Å². The third-order valence-electron chi connectivity index (χ3n) is 1.41. The highest BCUT2D eigenvalue weighted by Gasteiger charge is 2.11. The SMILES string of the molecule is [B]N(CCC(C)(C)C)C(=N)N. The van der Waals surface area contributed by atoms with E-state index in [1.807, 2.05) is 0 Å². The van der Waals surface area contributed by atoms with Gasteiger partial charge in [-0.2, -0.15) is 0 Å². The van der Waals surface area contributed by atoms with Crippen molar-refractivity contribution >= 4 is 13.9 Å². The van der Waals surface area contributed by atoms with Crippen LogP contribution in [0.25, 0.3) is 0 Å². The van der Waals surface area contributed by atoms with Gasteiger partial charge in [0.15, 0.2) is 5.96 Å². The largest absolute Gasteiger partial charge is 0.397 e. The third kappa shape index (κ3) is 5.76. The second kappa shape index (κ2) is 3.65. The molecule has 0 heterocycles. The lowest BCUT2D eigenvalue weighted by atomic mass is 9.92. The lowest BCUT2D eigenvalue weighted by Gasteiger charge is -2.23. The highest BCUT2D eigenvalue weighted by atomic mass is 15.2. The molecule has 62 valence electrons. The fourth-order valence-electron chi connectivity index (χ4n) is 0.576. The Morgan fingerprint density at radius 1 is 1.55 bits per heavy atom. The molecule has 0 aliphatic heterocycles. The molecule has 11 heavy (non-hydrogen) atoms. The molecule has 0 rings (SSSR count). The fraction of sp³-hybridized carbons (Fsp3) is 0.857. The molecular formula is C7H16BN3. The van der Waals surface area contributed by atoms with E-state index < -0.39 is 0 Å². The number of hydrogen-bond donors (Lipinski definition) is 2. The van der Waals surface area contributed by atoms with Gasteiger partial charge in [0.25, 0.3) is 0 Å². The Balaban J connectivity index is 3.63. The van der Waals surface area contributed by atoms with Gasteiger partial charge in [-0.1, -0.05) is 20.8 Å². The Bertz CT molecular complexity index is 139. The Hall–Kier alpha value is -0.665. The van der Waals surface area contributed by atoms with Crippen LogP contribution in [-0.4, -0.2) is 25.3 Å². The first-order valence-corrected chi connectivity index (χ1v) is 3.69. The van der Waals surface area contributed by atoms with E-state index in [4.69, 9.17) is 19.1 Å². The van der Waals surface area contributed by atoms with Gasteiger partial charge in [-0.3, -0.25) is 5.41 Å². The van der Waals surface area contributed by atoms with Crippen LogP contribution in [0.4, 0.5) is 0 Å². The zero-order valence-electron chi connectivity index (χ0n) is 7.52. The molecule has 0 atom stereocenters.